The number of nitrogens with one attached hydrogen (secondary N) is 1. The van der Waals surface area contributed by atoms with Crippen LogP contribution in [0.5, 0.6) is 0 Å². The van der Waals surface area contributed by atoms with Crippen LogP contribution >= 0.6 is 0 Å². The Balaban J connectivity index is 1.86. The molecule has 2 amide bonds. The van der Waals surface area contributed by atoms with Crippen LogP contribution in [-0.4, -0.2) is 55.1 Å². The zero-order valence-corrected chi connectivity index (χ0v) is 12.8. The molecule has 2 unspecified atom stereocenters. The maximum Gasteiger partial charge on any atom is 0.239 e. The third-order valence-corrected chi connectivity index (χ3v) is 3.64. The van der Waals surface area contributed by atoms with E-state index in [1.807, 2.05) is 30.3 Å². The van der Waals surface area contributed by atoms with Crippen molar-refractivity contribution >= 4 is 11.8 Å². The van der Waals surface area contributed by atoms with Gasteiger partial charge in [0.05, 0.1) is 18.8 Å². The molecule has 6 heteroatoms. The van der Waals surface area contributed by atoms with E-state index in [2.05, 4.69) is 5.32 Å². The number of hydrogen-bond acceptors (Lipinski definition) is 4. The van der Waals surface area contributed by atoms with Crippen molar-refractivity contribution in [3.63, 3.8) is 0 Å². The van der Waals surface area contributed by atoms with Gasteiger partial charge in [-0.15, -0.1) is 0 Å². The number of morpholine rings is 1. The first-order valence-electron chi connectivity index (χ1n) is 7.50. The van der Waals surface area contributed by atoms with Crippen LogP contribution in [0.3, 0.4) is 0 Å². The molecule has 3 N–H and O–H groups in total. The summed E-state index contributed by atoms with van der Waals surface area (Å²) in [6.07, 6.45) is 0.346. The maximum atomic E-state index is 12.4. The maximum absolute atomic E-state index is 12.4. The molecule has 1 aromatic carbocycles. The Labute approximate surface area is 130 Å². The van der Waals surface area contributed by atoms with E-state index in [9.17, 15) is 9.59 Å². The minimum atomic E-state index is -0.554. The predicted octanol–water partition coefficient (Wildman–Crippen LogP) is -0.0801. The molecule has 1 aromatic rings. The number of ether oxygens (including phenoxy) is 1. The fourth-order valence-corrected chi connectivity index (χ4v) is 2.49. The Bertz CT molecular complexity index is 507. The molecule has 0 bridgehead atoms. The smallest absolute Gasteiger partial charge is 0.239 e. The van der Waals surface area contributed by atoms with Gasteiger partial charge in [0, 0.05) is 26.6 Å². The van der Waals surface area contributed by atoms with Gasteiger partial charge in [-0.2, -0.15) is 0 Å². The molecule has 1 heterocycles. The van der Waals surface area contributed by atoms with Crippen molar-refractivity contribution in [2.45, 2.75) is 25.5 Å². The molecule has 1 fully saturated rings. The summed E-state index contributed by atoms with van der Waals surface area (Å²) in [5.74, 6) is -0.173. The van der Waals surface area contributed by atoms with E-state index in [0.29, 0.717) is 32.7 Å². The van der Waals surface area contributed by atoms with E-state index in [1.165, 1.54) is 6.92 Å². The molecule has 2 rings (SSSR count). The molecule has 0 radical (unpaired) electrons. The molecule has 0 aliphatic carbocycles. The molecule has 1 aliphatic heterocycles. The Morgan fingerprint density at radius 1 is 1.41 bits per heavy atom. The molecule has 1 aliphatic rings. The van der Waals surface area contributed by atoms with Gasteiger partial charge >= 0.3 is 0 Å². The first-order chi connectivity index (χ1) is 10.6. The Hall–Kier alpha value is -1.92. The van der Waals surface area contributed by atoms with Crippen molar-refractivity contribution in [1.82, 2.24) is 10.2 Å². The van der Waals surface area contributed by atoms with Crippen LogP contribution in [0.25, 0.3) is 0 Å². The van der Waals surface area contributed by atoms with E-state index in [1.54, 1.807) is 4.90 Å². The predicted molar refractivity (Wildman–Crippen MR) is 83.1 cm³/mol. The normalized spacial score (nSPS) is 19.5. The molecule has 0 spiro atoms. The Morgan fingerprint density at radius 3 is 2.82 bits per heavy atom. The molecule has 22 heavy (non-hydrogen) atoms. The van der Waals surface area contributed by atoms with Crippen LogP contribution in [0, 0.1) is 0 Å². The van der Waals surface area contributed by atoms with E-state index in [0.717, 1.165) is 5.56 Å². The highest BCUT2D eigenvalue weighted by atomic mass is 16.5. The number of carbonyl (C=O) groups excluding carboxylic acids is 2. The number of hydrogen-bond donors (Lipinski definition) is 2. The summed E-state index contributed by atoms with van der Waals surface area (Å²) in [5, 5.41) is 2.71. The lowest BCUT2D eigenvalue weighted by Gasteiger charge is -2.34. The number of nitrogens with zero attached hydrogens (tertiary/aromatic N) is 1. The van der Waals surface area contributed by atoms with Crippen molar-refractivity contribution in [1.29, 1.82) is 0 Å². The van der Waals surface area contributed by atoms with Gasteiger partial charge in [-0.25, -0.2) is 0 Å². The lowest BCUT2D eigenvalue weighted by Crippen LogP contribution is -2.54. The molecule has 0 aromatic heterocycles. The number of benzene rings is 1. The van der Waals surface area contributed by atoms with Crippen LogP contribution in [0.1, 0.15) is 12.5 Å². The Morgan fingerprint density at radius 2 is 2.14 bits per heavy atom. The zero-order valence-electron chi connectivity index (χ0n) is 12.8. The van der Waals surface area contributed by atoms with Gasteiger partial charge in [0.15, 0.2) is 0 Å². The summed E-state index contributed by atoms with van der Waals surface area (Å²) in [6, 6.07) is 9.18. The SMILES string of the molecule is CC(=O)NCC1CN(C(=O)C(N)Cc2ccccc2)CCO1. The highest BCUT2D eigenvalue weighted by Crippen LogP contribution is 2.09. The average molecular weight is 305 g/mol. The van der Waals surface area contributed by atoms with Crippen LogP contribution in [0.15, 0.2) is 30.3 Å². The number of carbonyl (C=O) groups is 2. The van der Waals surface area contributed by atoms with Crippen LogP contribution in [-0.2, 0) is 20.7 Å². The topological polar surface area (TPSA) is 84.7 Å². The fourth-order valence-electron chi connectivity index (χ4n) is 2.49. The van der Waals surface area contributed by atoms with Crippen LogP contribution in [0.2, 0.25) is 0 Å². The minimum Gasteiger partial charge on any atom is -0.373 e. The van der Waals surface area contributed by atoms with Gasteiger partial charge in [-0.05, 0) is 12.0 Å². The van der Waals surface area contributed by atoms with Crippen molar-refractivity contribution < 1.29 is 14.3 Å². The summed E-state index contributed by atoms with van der Waals surface area (Å²) in [7, 11) is 0. The van der Waals surface area contributed by atoms with Crippen LogP contribution < -0.4 is 11.1 Å². The number of nitrogens with two attached hydrogens (primary N) is 1. The second kappa shape index (κ2) is 7.91. The molecule has 1 saturated heterocycles. The third-order valence-electron chi connectivity index (χ3n) is 3.64. The second-order valence-electron chi connectivity index (χ2n) is 5.51. The quantitative estimate of drug-likeness (QED) is 0.797. The monoisotopic (exact) mass is 305 g/mol. The summed E-state index contributed by atoms with van der Waals surface area (Å²) < 4.78 is 5.56. The molecule has 120 valence electrons. The van der Waals surface area contributed by atoms with Crippen molar-refractivity contribution in [2.24, 2.45) is 5.73 Å². The Kier molecular flexibility index (Phi) is 5.91. The van der Waals surface area contributed by atoms with E-state index in [-0.39, 0.29) is 17.9 Å². The van der Waals surface area contributed by atoms with E-state index >= 15 is 0 Å². The van der Waals surface area contributed by atoms with Crippen LogP contribution in [0.4, 0.5) is 0 Å². The molecule has 6 nitrogen and oxygen atoms in total. The first kappa shape index (κ1) is 16.5. The highest BCUT2D eigenvalue weighted by molar-refractivity contribution is 5.82. The lowest BCUT2D eigenvalue weighted by atomic mass is 10.1. The molecule has 0 saturated carbocycles. The van der Waals surface area contributed by atoms with Gasteiger partial charge in [0.1, 0.15) is 0 Å². The molecular formula is C16H23N3O3. The summed E-state index contributed by atoms with van der Waals surface area (Å²) in [4.78, 5) is 25.1. The summed E-state index contributed by atoms with van der Waals surface area (Å²) >= 11 is 0. The van der Waals surface area contributed by atoms with Gasteiger partial charge in [0.25, 0.3) is 0 Å². The standard InChI is InChI=1S/C16H23N3O3/c1-12(20)18-10-14-11-19(7-8-22-14)16(21)15(17)9-13-5-3-2-4-6-13/h2-6,14-15H,7-11,17H2,1H3,(H,18,20). The van der Waals surface area contributed by atoms with Crippen molar-refractivity contribution in [3.05, 3.63) is 35.9 Å². The highest BCUT2D eigenvalue weighted by Gasteiger charge is 2.27. The largest absolute Gasteiger partial charge is 0.373 e. The number of amides is 2. The molecule has 2 atom stereocenters. The fraction of sp³-hybridized carbons (Fsp3) is 0.500. The van der Waals surface area contributed by atoms with Gasteiger partial charge in [0.2, 0.25) is 11.8 Å². The second-order valence-corrected chi connectivity index (χ2v) is 5.51. The first-order valence-corrected chi connectivity index (χ1v) is 7.50. The van der Waals surface area contributed by atoms with E-state index in [4.69, 9.17) is 10.5 Å². The zero-order chi connectivity index (χ0) is 15.9. The van der Waals surface area contributed by atoms with Crippen molar-refractivity contribution in [2.75, 3.05) is 26.2 Å². The minimum absolute atomic E-state index is 0.0695. The van der Waals surface area contributed by atoms with E-state index < -0.39 is 6.04 Å². The van der Waals surface area contributed by atoms with Gasteiger partial charge in [-0.3, -0.25) is 9.59 Å². The van der Waals surface area contributed by atoms with Gasteiger partial charge < -0.3 is 20.7 Å². The third kappa shape index (κ3) is 4.82. The number of rotatable bonds is 5. The average Bonchev–Trinajstić information content (AvgIpc) is 2.53. The van der Waals surface area contributed by atoms with Crippen molar-refractivity contribution in [3.8, 4) is 0 Å². The summed E-state index contributed by atoms with van der Waals surface area (Å²) in [5.41, 5.74) is 7.09. The molecular weight excluding hydrogens is 282 g/mol. The van der Waals surface area contributed by atoms with Gasteiger partial charge in [-0.1, -0.05) is 30.3 Å². The lowest BCUT2D eigenvalue weighted by molar-refractivity contribution is -0.140. The summed E-state index contributed by atoms with van der Waals surface area (Å²) in [6.45, 7) is 3.34.